The Balaban J connectivity index is 1.32. The van der Waals surface area contributed by atoms with E-state index in [1.54, 1.807) is 18.2 Å². The van der Waals surface area contributed by atoms with Gasteiger partial charge in [0.25, 0.3) is 6.43 Å². The molecule has 0 unspecified atom stereocenters. The zero-order chi connectivity index (χ0) is 25.9. The number of rotatable bonds is 7. The van der Waals surface area contributed by atoms with E-state index >= 15 is 0 Å². The Kier molecular flexibility index (Phi) is 7.06. The van der Waals surface area contributed by atoms with Crippen LogP contribution in [0.2, 0.25) is 5.02 Å². The first-order valence-electron chi connectivity index (χ1n) is 11.5. The molecule has 1 aliphatic rings. The molecule has 5 rings (SSSR count). The predicted molar refractivity (Wildman–Crippen MR) is 135 cm³/mol. The predicted octanol–water partition coefficient (Wildman–Crippen LogP) is 4.25. The molecule has 2 aromatic heterocycles. The second-order valence-electron chi connectivity index (χ2n) is 8.37. The lowest BCUT2D eigenvalue weighted by Gasteiger charge is -2.11. The zero-order valence-corrected chi connectivity index (χ0v) is 20.6. The van der Waals surface area contributed by atoms with E-state index in [-0.39, 0.29) is 12.4 Å². The Labute approximate surface area is 216 Å². The van der Waals surface area contributed by atoms with Gasteiger partial charge in [-0.3, -0.25) is 4.99 Å². The maximum atomic E-state index is 12.8. The maximum Gasteiger partial charge on any atom is 0.294 e. The van der Waals surface area contributed by atoms with Crippen LogP contribution in [0.15, 0.2) is 59.8 Å². The summed E-state index contributed by atoms with van der Waals surface area (Å²) in [6, 6.07) is 12.8. The van der Waals surface area contributed by atoms with Crippen molar-refractivity contribution in [3.05, 3.63) is 82.3 Å². The van der Waals surface area contributed by atoms with Crippen LogP contribution in [0.3, 0.4) is 0 Å². The first kappa shape index (κ1) is 24.7. The first-order valence-corrected chi connectivity index (χ1v) is 11.9. The highest BCUT2D eigenvalue weighted by Gasteiger charge is 2.17. The summed E-state index contributed by atoms with van der Waals surface area (Å²) in [5.41, 5.74) is 5.10. The third-order valence-electron chi connectivity index (χ3n) is 5.84. The minimum atomic E-state index is -2.82. The van der Waals surface area contributed by atoms with Crippen LogP contribution in [-0.2, 0) is 24.2 Å². The number of hydrogen-bond donors (Lipinski definition) is 2. The number of tetrazole rings is 1. The smallest absolute Gasteiger partial charge is 0.294 e. The van der Waals surface area contributed by atoms with Crippen LogP contribution in [0.4, 0.5) is 8.78 Å². The second-order valence-corrected chi connectivity index (χ2v) is 8.77. The average Bonchev–Trinajstić information content (AvgIpc) is 3.56. The maximum absolute atomic E-state index is 12.8. The number of ether oxygens (including phenoxy) is 1. The number of aromatic amines is 1. The number of allylic oxidation sites excluding steroid dienone is 1. The SMILES string of the molecule is C=C(OC(=NC)c1ccc(Cn2nnc(-c3cccc(-c4nc5c([nH]4)CNCC5)c3)n2)c(Cl)c1)C(F)F. The lowest BCUT2D eigenvalue weighted by atomic mass is 10.1. The van der Waals surface area contributed by atoms with Crippen LogP contribution in [0, 0.1) is 0 Å². The Bertz CT molecular complexity index is 1460. The van der Waals surface area contributed by atoms with Gasteiger partial charge in [0.15, 0.2) is 5.76 Å². The van der Waals surface area contributed by atoms with Gasteiger partial charge in [-0.25, -0.2) is 13.8 Å². The van der Waals surface area contributed by atoms with Crippen molar-refractivity contribution in [3.8, 4) is 22.8 Å². The molecule has 3 heterocycles. The second kappa shape index (κ2) is 10.6. The van der Waals surface area contributed by atoms with Gasteiger partial charge in [-0.1, -0.05) is 42.4 Å². The molecule has 12 heteroatoms. The molecule has 0 radical (unpaired) electrons. The van der Waals surface area contributed by atoms with E-state index in [4.69, 9.17) is 21.3 Å². The van der Waals surface area contributed by atoms with Crippen molar-refractivity contribution in [2.75, 3.05) is 13.6 Å². The Morgan fingerprint density at radius 1 is 1.24 bits per heavy atom. The minimum Gasteiger partial charge on any atom is -0.438 e. The number of benzene rings is 2. The fourth-order valence-electron chi connectivity index (χ4n) is 3.95. The molecule has 4 aromatic rings. The summed E-state index contributed by atoms with van der Waals surface area (Å²) in [6.07, 6.45) is -1.92. The van der Waals surface area contributed by atoms with Crippen molar-refractivity contribution >= 4 is 17.5 Å². The van der Waals surface area contributed by atoms with Crippen molar-refractivity contribution < 1.29 is 13.5 Å². The third kappa shape index (κ3) is 5.42. The summed E-state index contributed by atoms with van der Waals surface area (Å²) in [4.78, 5) is 13.5. The fraction of sp³-hybridized carbons (Fsp3) is 0.240. The van der Waals surface area contributed by atoms with Gasteiger partial charge in [-0.05, 0) is 29.0 Å². The summed E-state index contributed by atoms with van der Waals surface area (Å²) in [5.74, 6) is 0.583. The topological polar surface area (TPSA) is 106 Å². The van der Waals surface area contributed by atoms with Crippen LogP contribution in [-0.4, -0.2) is 56.1 Å². The van der Waals surface area contributed by atoms with E-state index in [0.717, 1.165) is 47.8 Å². The Morgan fingerprint density at radius 3 is 2.84 bits per heavy atom. The number of H-pyrrole nitrogens is 1. The molecule has 9 nitrogen and oxygen atoms in total. The molecular weight excluding hydrogens is 502 g/mol. The highest BCUT2D eigenvalue weighted by Crippen LogP contribution is 2.25. The fourth-order valence-corrected chi connectivity index (χ4v) is 4.19. The normalized spacial score (nSPS) is 13.6. The number of alkyl halides is 2. The van der Waals surface area contributed by atoms with Gasteiger partial charge < -0.3 is 15.0 Å². The first-order chi connectivity index (χ1) is 17.9. The zero-order valence-electron chi connectivity index (χ0n) is 19.9. The molecule has 0 amide bonds. The molecule has 0 aliphatic carbocycles. The van der Waals surface area contributed by atoms with Gasteiger partial charge >= 0.3 is 0 Å². The van der Waals surface area contributed by atoms with Gasteiger partial charge in [-0.15, -0.1) is 10.2 Å². The highest BCUT2D eigenvalue weighted by molar-refractivity contribution is 6.31. The number of halogens is 3. The lowest BCUT2D eigenvalue weighted by Crippen LogP contribution is -2.23. The highest BCUT2D eigenvalue weighted by atomic mass is 35.5. The van der Waals surface area contributed by atoms with Gasteiger partial charge in [0.05, 0.1) is 17.9 Å². The van der Waals surface area contributed by atoms with Crippen molar-refractivity contribution in [1.29, 1.82) is 0 Å². The number of nitrogens with zero attached hydrogens (tertiary/aromatic N) is 6. The van der Waals surface area contributed by atoms with Crippen molar-refractivity contribution in [2.24, 2.45) is 4.99 Å². The van der Waals surface area contributed by atoms with Crippen LogP contribution in [0.5, 0.6) is 0 Å². The van der Waals surface area contributed by atoms with E-state index in [2.05, 4.69) is 37.3 Å². The Hall–Kier alpha value is -3.96. The minimum absolute atomic E-state index is 0.00605. The summed E-state index contributed by atoms with van der Waals surface area (Å²) in [7, 11) is 1.43. The van der Waals surface area contributed by atoms with Crippen LogP contribution < -0.4 is 5.32 Å². The van der Waals surface area contributed by atoms with E-state index in [9.17, 15) is 8.78 Å². The third-order valence-corrected chi connectivity index (χ3v) is 6.19. The average molecular weight is 525 g/mol. The molecule has 2 aromatic carbocycles. The number of aromatic nitrogens is 6. The van der Waals surface area contributed by atoms with Gasteiger partial charge in [0, 0.05) is 48.3 Å². The van der Waals surface area contributed by atoms with Crippen LogP contribution >= 0.6 is 11.6 Å². The summed E-state index contributed by atoms with van der Waals surface area (Å²) in [6.45, 7) is 5.17. The molecule has 0 atom stereocenters. The number of imidazole rings is 1. The molecule has 2 N–H and O–H groups in total. The number of nitrogens with one attached hydrogen (secondary N) is 2. The summed E-state index contributed by atoms with van der Waals surface area (Å²) < 4.78 is 30.6. The van der Waals surface area contributed by atoms with E-state index in [0.29, 0.717) is 22.0 Å². The standard InChI is InChI=1S/C25H23ClF2N8O/c1-14(22(27)28)37-25(29-2)17-6-7-18(19(26)11-17)13-36-34-24(33-35-36)16-5-3-4-15(10-16)23-31-20-8-9-30-12-21(20)32-23/h3-7,10-11,22,30H,1,8-9,12-13H2,2H3,(H,31,32). The number of fused-ring (bicyclic) bond motifs is 1. The monoisotopic (exact) mass is 524 g/mol. The molecule has 0 spiro atoms. The summed E-state index contributed by atoms with van der Waals surface area (Å²) in [5, 5.41) is 16.6. The van der Waals surface area contributed by atoms with E-state index in [1.807, 2.05) is 24.3 Å². The molecule has 0 fully saturated rings. The lowest BCUT2D eigenvalue weighted by molar-refractivity contribution is 0.135. The van der Waals surface area contributed by atoms with Gasteiger partial charge in [0.1, 0.15) is 5.82 Å². The van der Waals surface area contributed by atoms with E-state index in [1.165, 1.54) is 11.8 Å². The number of hydrogen-bond acceptors (Lipinski definition) is 7. The summed E-state index contributed by atoms with van der Waals surface area (Å²) >= 11 is 6.45. The van der Waals surface area contributed by atoms with Crippen LogP contribution in [0.1, 0.15) is 22.5 Å². The molecule has 0 saturated carbocycles. The van der Waals surface area contributed by atoms with Crippen LogP contribution in [0.25, 0.3) is 22.8 Å². The van der Waals surface area contributed by atoms with E-state index < -0.39 is 12.2 Å². The molecular formula is C25H23ClF2N8O. The largest absolute Gasteiger partial charge is 0.438 e. The Morgan fingerprint density at radius 2 is 2.08 bits per heavy atom. The molecule has 0 bridgehead atoms. The molecule has 1 aliphatic heterocycles. The quantitative estimate of drug-likeness (QED) is 0.213. The van der Waals surface area contributed by atoms with Gasteiger partial charge in [0.2, 0.25) is 11.7 Å². The van der Waals surface area contributed by atoms with Gasteiger partial charge in [-0.2, -0.15) is 4.80 Å². The number of aliphatic imine (C=N–C) groups is 1. The van der Waals surface area contributed by atoms with Crippen molar-refractivity contribution in [3.63, 3.8) is 0 Å². The van der Waals surface area contributed by atoms with Crippen molar-refractivity contribution in [2.45, 2.75) is 25.9 Å². The molecule has 190 valence electrons. The molecule has 37 heavy (non-hydrogen) atoms. The molecule has 0 saturated heterocycles. The van der Waals surface area contributed by atoms with Crippen molar-refractivity contribution in [1.82, 2.24) is 35.5 Å².